The van der Waals surface area contributed by atoms with E-state index in [0.717, 1.165) is 16.3 Å². The van der Waals surface area contributed by atoms with Crippen LogP contribution in [-0.2, 0) is 16.1 Å². The molecule has 3 aromatic carbocycles. The molecule has 4 aromatic rings. The van der Waals surface area contributed by atoms with Gasteiger partial charge in [-0.05, 0) is 52.7 Å². The van der Waals surface area contributed by atoms with Crippen LogP contribution < -0.4 is 4.90 Å². The molecule has 2 heterocycles. The lowest BCUT2D eigenvalue weighted by atomic mass is 10.1. The molecule has 0 radical (unpaired) electrons. The van der Waals surface area contributed by atoms with Crippen LogP contribution in [0.2, 0.25) is 0 Å². The summed E-state index contributed by atoms with van der Waals surface area (Å²) in [5, 5.41) is 2.17. The number of hydrogen-bond acceptors (Lipinski definition) is 6. The van der Waals surface area contributed by atoms with Gasteiger partial charge in [0.1, 0.15) is 0 Å². The van der Waals surface area contributed by atoms with Gasteiger partial charge in [-0.15, -0.1) is 0 Å². The van der Waals surface area contributed by atoms with Crippen LogP contribution in [0.3, 0.4) is 0 Å². The van der Waals surface area contributed by atoms with Gasteiger partial charge in [0.2, 0.25) is 11.7 Å². The average Bonchev–Trinajstić information content (AvgIpc) is 2.96. The Morgan fingerprint density at radius 1 is 0.838 bits per heavy atom. The van der Waals surface area contributed by atoms with Gasteiger partial charge in [-0.3, -0.25) is 14.4 Å². The normalized spacial score (nSPS) is 13.4. The largest absolute Gasteiger partial charge is 0.378 e. The maximum absolute atomic E-state index is 13.4. The van der Waals surface area contributed by atoms with Gasteiger partial charge in [0.05, 0.1) is 26.2 Å². The van der Waals surface area contributed by atoms with Gasteiger partial charge >= 0.3 is 0 Å². The highest BCUT2D eigenvalue weighted by Crippen LogP contribution is 2.23. The topological polar surface area (TPSA) is 92.7 Å². The van der Waals surface area contributed by atoms with Crippen molar-refractivity contribution in [2.24, 2.45) is 0 Å². The van der Waals surface area contributed by atoms with Crippen molar-refractivity contribution in [2.75, 3.05) is 31.2 Å². The molecule has 1 fully saturated rings. The molecule has 8 nitrogen and oxygen atoms in total. The number of morpholine rings is 1. The van der Waals surface area contributed by atoms with Crippen LogP contribution in [0.1, 0.15) is 33.0 Å². The summed E-state index contributed by atoms with van der Waals surface area (Å²) in [4.78, 5) is 50.3. The van der Waals surface area contributed by atoms with E-state index >= 15 is 0 Å². The van der Waals surface area contributed by atoms with Crippen LogP contribution in [0.15, 0.2) is 85.2 Å². The summed E-state index contributed by atoms with van der Waals surface area (Å²) in [6.07, 6.45) is 2.58. The first-order valence-electron chi connectivity index (χ1n) is 12.1. The third-order valence-corrected chi connectivity index (χ3v) is 6.31. The first-order chi connectivity index (χ1) is 18.1. The van der Waals surface area contributed by atoms with Gasteiger partial charge in [-0.1, -0.05) is 36.4 Å². The van der Waals surface area contributed by atoms with Crippen LogP contribution in [0, 0.1) is 0 Å². The molecule has 0 saturated carbocycles. The van der Waals surface area contributed by atoms with Crippen molar-refractivity contribution < 1.29 is 19.1 Å². The summed E-state index contributed by atoms with van der Waals surface area (Å²) in [5.41, 5.74) is 2.06. The summed E-state index contributed by atoms with van der Waals surface area (Å²) >= 11 is 0. The Hall–Kier alpha value is -4.43. The number of carbonyl (C=O) groups is 3. The van der Waals surface area contributed by atoms with Gasteiger partial charge in [-0.2, -0.15) is 0 Å². The molecular formula is C29H26N4O4. The molecule has 37 heavy (non-hydrogen) atoms. The van der Waals surface area contributed by atoms with E-state index in [-0.39, 0.29) is 30.6 Å². The Balaban J connectivity index is 1.41. The third kappa shape index (κ3) is 5.70. The first-order valence-corrected chi connectivity index (χ1v) is 12.1. The second-order valence-corrected chi connectivity index (χ2v) is 8.79. The van der Waals surface area contributed by atoms with E-state index in [0.29, 0.717) is 37.6 Å². The van der Waals surface area contributed by atoms with Gasteiger partial charge < -0.3 is 14.5 Å². The number of nitrogens with zero attached hydrogens (tertiary/aromatic N) is 4. The third-order valence-electron chi connectivity index (χ3n) is 6.31. The maximum Gasteiger partial charge on any atom is 0.254 e. The second kappa shape index (κ2) is 11.1. The number of amides is 2. The van der Waals surface area contributed by atoms with E-state index < -0.39 is 5.78 Å². The van der Waals surface area contributed by atoms with Crippen molar-refractivity contribution in [2.45, 2.75) is 13.0 Å². The smallest absolute Gasteiger partial charge is 0.254 e. The summed E-state index contributed by atoms with van der Waals surface area (Å²) in [6, 6.07) is 22.6. The number of rotatable bonds is 7. The Morgan fingerprint density at radius 2 is 1.54 bits per heavy atom. The predicted octanol–water partition coefficient (Wildman–Crippen LogP) is 3.91. The van der Waals surface area contributed by atoms with Gasteiger partial charge in [0, 0.05) is 36.7 Å². The zero-order valence-electron chi connectivity index (χ0n) is 20.2. The number of benzene rings is 3. The Labute approximate surface area is 214 Å². The molecule has 0 N–H and O–H groups in total. The maximum atomic E-state index is 13.4. The molecule has 0 unspecified atom stereocenters. The SMILES string of the molecule is O=C(CC(=O)N(Cc1ccc2ccccc2c1)c1ccc(C(=O)N2CCOCC2)cc1)c1ncccn1. The summed E-state index contributed by atoms with van der Waals surface area (Å²) < 4.78 is 5.34. The summed E-state index contributed by atoms with van der Waals surface area (Å²) in [5.74, 6) is -0.891. The number of aromatic nitrogens is 2. The van der Waals surface area contributed by atoms with Gasteiger partial charge in [0.15, 0.2) is 5.82 Å². The molecule has 8 heteroatoms. The van der Waals surface area contributed by atoms with Crippen LogP contribution in [-0.4, -0.2) is 58.8 Å². The Kier molecular flexibility index (Phi) is 7.28. The molecule has 186 valence electrons. The number of ether oxygens (including phenoxy) is 1. The lowest BCUT2D eigenvalue weighted by molar-refractivity contribution is -0.117. The molecular weight excluding hydrogens is 468 g/mol. The fraction of sp³-hybridized carbons (Fsp3) is 0.207. The molecule has 1 aliphatic rings. The number of hydrogen-bond donors (Lipinski definition) is 0. The fourth-order valence-corrected chi connectivity index (χ4v) is 4.33. The second-order valence-electron chi connectivity index (χ2n) is 8.79. The van der Waals surface area contributed by atoms with E-state index in [1.54, 1.807) is 40.1 Å². The molecule has 0 atom stereocenters. The monoisotopic (exact) mass is 494 g/mol. The number of ketones is 1. The minimum atomic E-state index is -0.451. The van der Waals surface area contributed by atoms with E-state index in [2.05, 4.69) is 9.97 Å². The highest BCUT2D eigenvalue weighted by atomic mass is 16.5. The number of anilines is 1. The molecule has 2 amide bonds. The van der Waals surface area contributed by atoms with Crippen molar-refractivity contribution >= 4 is 34.1 Å². The zero-order valence-corrected chi connectivity index (χ0v) is 20.2. The van der Waals surface area contributed by atoms with Crippen molar-refractivity contribution in [3.05, 3.63) is 102 Å². The van der Waals surface area contributed by atoms with Crippen LogP contribution in [0.5, 0.6) is 0 Å². The minimum Gasteiger partial charge on any atom is -0.378 e. The fourth-order valence-electron chi connectivity index (χ4n) is 4.33. The van der Waals surface area contributed by atoms with Gasteiger partial charge in [0.25, 0.3) is 5.91 Å². The summed E-state index contributed by atoms with van der Waals surface area (Å²) in [7, 11) is 0. The van der Waals surface area contributed by atoms with E-state index in [1.165, 1.54) is 12.4 Å². The number of Topliss-reactive ketones (excluding diaryl/α,β-unsaturated/α-hetero) is 1. The molecule has 5 rings (SSSR count). The zero-order chi connectivity index (χ0) is 25.6. The first kappa shape index (κ1) is 24.3. The van der Waals surface area contributed by atoms with Crippen LogP contribution in [0.4, 0.5) is 5.69 Å². The standard InChI is InChI=1S/C29H26N4O4/c34-26(28-30-12-3-13-31-28)19-27(35)33(20-21-6-7-22-4-1-2-5-24(22)18-21)25-10-8-23(9-11-25)29(36)32-14-16-37-17-15-32/h1-13,18H,14-17,19-20H2. The van der Waals surface area contributed by atoms with E-state index in [1.807, 2.05) is 42.5 Å². The average molecular weight is 495 g/mol. The van der Waals surface area contributed by atoms with E-state index in [9.17, 15) is 14.4 Å². The van der Waals surface area contributed by atoms with Crippen molar-refractivity contribution in [3.8, 4) is 0 Å². The molecule has 1 aliphatic heterocycles. The molecule has 0 spiro atoms. The number of carbonyl (C=O) groups excluding carboxylic acids is 3. The quantitative estimate of drug-likeness (QED) is 0.286. The summed E-state index contributed by atoms with van der Waals surface area (Å²) in [6.45, 7) is 2.42. The van der Waals surface area contributed by atoms with E-state index in [4.69, 9.17) is 4.74 Å². The lowest BCUT2D eigenvalue weighted by Gasteiger charge is -2.27. The molecule has 0 bridgehead atoms. The van der Waals surface area contributed by atoms with Crippen molar-refractivity contribution in [1.82, 2.24) is 14.9 Å². The lowest BCUT2D eigenvalue weighted by Crippen LogP contribution is -2.40. The van der Waals surface area contributed by atoms with Crippen LogP contribution in [0.25, 0.3) is 10.8 Å². The highest BCUT2D eigenvalue weighted by molar-refractivity contribution is 6.10. The van der Waals surface area contributed by atoms with Crippen LogP contribution >= 0.6 is 0 Å². The Morgan fingerprint density at radius 3 is 2.27 bits per heavy atom. The minimum absolute atomic E-state index is 0.00737. The molecule has 1 saturated heterocycles. The predicted molar refractivity (Wildman–Crippen MR) is 139 cm³/mol. The van der Waals surface area contributed by atoms with Gasteiger partial charge in [-0.25, -0.2) is 9.97 Å². The number of fused-ring (bicyclic) bond motifs is 1. The highest BCUT2D eigenvalue weighted by Gasteiger charge is 2.23. The van der Waals surface area contributed by atoms with Crippen molar-refractivity contribution in [3.63, 3.8) is 0 Å². The Bertz CT molecular complexity index is 1420. The van der Waals surface area contributed by atoms with Crippen molar-refractivity contribution in [1.29, 1.82) is 0 Å². The molecule has 1 aromatic heterocycles. The molecule has 0 aliphatic carbocycles.